The average Bonchev–Trinajstić information content (AvgIpc) is 2.57. The van der Waals surface area contributed by atoms with Crippen molar-refractivity contribution in [2.24, 2.45) is 0 Å². The molecule has 2 nitrogen and oxygen atoms in total. The molecule has 0 saturated carbocycles. The maximum absolute atomic E-state index is 5.95. The summed E-state index contributed by atoms with van der Waals surface area (Å²) in [5.41, 5.74) is 0.684. The molecule has 0 aliphatic rings. The molecule has 2 rings (SSSR count). The second kappa shape index (κ2) is 3.40. The molecule has 1 aromatic heterocycles. The van der Waals surface area contributed by atoms with E-state index >= 15 is 0 Å². The Labute approximate surface area is 85.1 Å². The van der Waals surface area contributed by atoms with Crippen LogP contribution >= 0.6 is 23.2 Å². The fourth-order valence-corrected chi connectivity index (χ4v) is 1.66. The van der Waals surface area contributed by atoms with Crippen LogP contribution in [0.5, 0.6) is 0 Å². The van der Waals surface area contributed by atoms with Gasteiger partial charge in [-0.25, -0.2) is 0 Å². The third-order valence-corrected chi connectivity index (χ3v) is 2.28. The number of halogens is 2. The highest BCUT2D eigenvalue weighted by Crippen LogP contribution is 2.33. The second-order valence-corrected chi connectivity index (χ2v) is 3.29. The van der Waals surface area contributed by atoms with E-state index in [4.69, 9.17) is 27.7 Å². The van der Waals surface area contributed by atoms with Crippen LogP contribution in [-0.2, 0) is 0 Å². The lowest BCUT2D eigenvalue weighted by Gasteiger charge is -2.01. The summed E-state index contributed by atoms with van der Waals surface area (Å²) in [7, 11) is 0. The molecule has 13 heavy (non-hydrogen) atoms. The Morgan fingerprint density at radius 3 is 2.31 bits per heavy atom. The Kier molecular flexibility index (Phi) is 2.25. The van der Waals surface area contributed by atoms with Crippen LogP contribution in [0.25, 0.3) is 11.3 Å². The molecule has 1 heterocycles. The van der Waals surface area contributed by atoms with Crippen LogP contribution in [0.4, 0.5) is 0 Å². The molecule has 0 N–H and O–H groups in total. The average molecular weight is 214 g/mol. The number of hydrogen-bond donors (Lipinski definition) is 0. The molecule has 0 spiro atoms. The normalized spacial score (nSPS) is 10.3. The SMILES string of the molecule is Clc1cccc(Cl)c1-c1ccno1. The number of nitrogens with zero attached hydrogens (tertiary/aromatic N) is 1. The topological polar surface area (TPSA) is 26.0 Å². The molecule has 4 heteroatoms. The summed E-state index contributed by atoms with van der Waals surface area (Å²) in [6.45, 7) is 0. The first kappa shape index (κ1) is 8.60. The van der Waals surface area contributed by atoms with Crippen molar-refractivity contribution in [3.8, 4) is 11.3 Å². The zero-order chi connectivity index (χ0) is 9.26. The Hall–Kier alpha value is -0.990. The molecule has 1 aromatic carbocycles. The summed E-state index contributed by atoms with van der Waals surface area (Å²) >= 11 is 11.9. The van der Waals surface area contributed by atoms with Crippen molar-refractivity contribution in [2.45, 2.75) is 0 Å². The molecule has 66 valence electrons. The minimum atomic E-state index is 0.559. The van der Waals surface area contributed by atoms with Gasteiger partial charge < -0.3 is 4.52 Å². The zero-order valence-corrected chi connectivity index (χ0v) is 8.01. The van der Waals surface area contributed by atoms with Crippen molar-refractivity contribution in [3.05, 3.63) is 40.5 Å². The van der Waals surface area contributed by atoms with Gasteiger partial charge in [-0.2, -0.15) is 0 Å². The fraction of sp³-hybridized carbons (Fsp3) is 0. The van der Waals surface area contributed by atoms with E-state index in [1.54, 1.807) is 30.5 Å². The van der Waals surface area contributed by atoms with E-state index in [2.05, 4.69) is 5.16 Å². The summed E-state index contributed by atoms with van der Waals surface area (Å²) in [4.78, 5) is 0. The van der Waals surface area contributed by atoms with Gasteiger partial charge in [-0.05, 0) is 12.1 Å². The van der Waals surface area contributed by atoms with Crippen LogP contribution in [0.1, 0.15) is 0 Å². The molecule has 2 aromatic rings. The molecule has 0 radical (unpaired) electrons. The Morgan fingerprint density at radius 1 is 1.08 bits per heavy atom. The first-order chi connectivity index (χ1) is 6.29. The molecule has 0 fully saturated rings. The number of benzene rings is 1. The Morgan fingerprint density at radius 2 is 1.77 bits per heavy atom. The van der Waals surface area contributed by atoms with Crippen LogP contribution in [0.3, 0.4) is 0 Å². The largest absolute Gasteiger partial charge is 0.356 e. The predicted molar refractivity (Wildman–Crippen MR) is 52.0 cm³/mol. The molecular formula is C9H5Cl2NO. The summed E-state index contributed by atoms with van der Waals surface area (Å²) in [5.74, 6) is 0.579. The van der Waals surface area contributed by atoms with Crippen molar-refractivity contribution in [1.82, 2.24) is 5.16 Å². The zero-order valence-electron chi connectivity index (χ0n) is 6.50. The van der Waals surface area contributed by atoms with Crippen molar-refractivity contribution in [1.29, 1.82) is 0 Å². The lowest BCUT2D eigenvalue weighted by Crippen LogP contribution is -1.77. The van der Waals surface area contributed by atoms with Crippen LogP contribution in [0, 0.1) is 0 Å². The second-order valence-electron chi connectivity index (χ2n) is 2.47. The van der Waals surface area contributed by atoms with Gasteiger partial charge in [0.15, 0.2) is 5.76 Å². The smallest absolute Gasteiger partial charge is 0.169 e. The lowest BCUT2D eigenvalue weighted by atomic mass is 10.2. The Balaban J connectivity index is 2.64. The van der Waals surface area contributed by atoms with E-state index in [0.717, 1.165) is 0 Å². The van der Waals surface area contributed by atoms with Crippen LogP contribution in [0.15, 0.2) is 35.0 Å². The van der Waals surface area contributed by atoms with Gasteiger partial charge in [0.1, 0.15) is 0 Å². The van der Waals surface area contributed by atoms with Crippen molar-refractivity contribution < 1.29 is 4.52 Å². The molecule has 0 atom stereocenters. The van der Waals surface area contributed by atoms with E-state index in [0.29, 0.717) is 21.4 Å². The van der Waals surface area contributed by atoms with Gasteiger partial charge in [0, 0.05) is 6.07 Å². The number of aromatic nitrogens is 1. The highest BCUT2D eigenvalue weighted by atomic mass is 35.5. The van der Waals surface area contributed by atoms with Gasteiger partial charge in [0.2, 0.25) is 0 Å². The van der Waals surface area contributed by atoms with Crippen molar-refractivity contribution in [2.75, 3.05) is 0 Å². The monoisotopic (exact) mass is 213 g/mol. The third-order valence-electron chi connectivity index (χ3n) is 1.65. The standard InChI is InChI=1S/C9H5Cl2NO/c10-6-2-1-3-7(11)9(6)8-4-5-12-13-8/h1-5H. The quantitative estimate of drug-likeness (QED) is 0.723. The number of rotatable bonds is 1. The Bertz CT molecular complexity index is 391. The molecule has 0 aliphatic heterocycles. The van der Waals surface area contributed by atoms with Crippen LogP contribution in [0.2, 0.25) is 10.0 Å². The minimum Gasteiger partial charge on any atom is -0.356 e. The van der Waals surface area contributed by atoms with Gasteiger partial charge in [0.05, 0.1) is 21.8 Å². The first-order valence-corrected chi connectivity index (χ1v) is 4.39. The molecule has 0 saturated heterocycles. The van der Waals surface area contributed by atoms with Gasteiger partial charge in [-0.15, -0.1) is 0 Å². The molecule has 0 unspecified atom stereocenters. The van der Waals surface area contributed by atoms with Gasteiger partial charge in [-0.3, -0.25) is 0 Å². The summed E-state index contributed by atoms with van der Waals surface area (Å²) in [6.07, 6.45) is 1.55. The van der Waals surface area contributed by atoms with Gasteiger partial charge >= 0.3 is 0 Å². The minimum absolute atomic E-state index is 0.559. The lowest BCUT2D eigenvalue weighted by molar-refractivity contribution is 0.432. The maximum atomic E-state index is 5.95. The van der Waals surface area contributed by atoms with E-state index in [9.17, 15) is 0 Å². The van der Waals surface area contributed by atoms with Crippen molar-refractivity contribution >= 4 is 23.2 Å². The number of hydrogen-bond acceptors (Lipinski definition) is 2. The van der Waals surface area contributed by atoms with E-state index in [1.807, 2.05) is 0 Å². The molecular weight excluding hydrogens is 209 g/mol. The van der Waals surface area contributed by atoms with Crippen LogP contribution in [-0.4, -0.2) is 5.16 Å². The summed E-state index contributed by atoms with van der Waals surface area (Å²) < 4.78 is 4.96. The van der Waals surface area contributed by atoms with E-state index in [1.165, 1.54) is 0 Å². The molecule has 0 bridgehead atoms. The van der Waals surface area contributed by atoms with Crippen molar-refractivity contribution in [3.63, 3.8) is 0 Å². The van der Waals surface area contributed by atoms with E-state index in [-0.39, 0.29) is 0 Å². The first-order valence-electron chi connectivity index (χ1n) is 3.64. The summed E-state index contributed by atoms with van der Waals surface area (Å²) in [5, 5.41) is 4.71. The highest BCUT2D eigenvalue weighted by Gasteiger charge is 2.10. The third kappa shape index (κ3) is 1.55. The molecule has 0 amide bonds. The summed E-state index contributed by atoms with van der Waals surface area (Å²) in [6, 6.07) is 7.01. The maximum Gasteiger partial charge on any atom is 0.169 e. The highest BCUT2D eigenvalue weighted by molar-refractivity contribution is 6.39. The van der Waals surface area contributed by atoms with Gasteiger partial charge in [-0.1, -0.05) is 34.4 Å². The molecule has 0 aliphatic carbocycles. The predicted octanol–water partition coefficient (Wildman–Crippen LogP) is 3.65. The van der Waals surface area contributed by atoms with Crippen LogP contribution < -0.4 is 0 Å². The fourth-order valence-electron chi connectivity index (χ4n) is 1.08. The van der Waals surface area contributed by atoms with Gasteiger partial charge in [0.25, 0.3) is 0 Å². The van der Waals surface area contributed by atoms with E-state index < -0.39 is 0 Å².